The molecule has 2 rings (SSSR count). The number of nitrogens with one attached hydrogen (secondary N) is 1. The molecule has 15 heavy (non-hydrogen) atoms. The van der Waals surface area contributed by atoms with Gasteiger partial charge in [0.25, 0.3) is 0 Å². The summed E-state index contributed by atoms with van der Waals surface area (Å²) in [5.74, 6) is 1.79. The zero-order valence-corrected chi connectivity index (χ0v) is 10.7. The van der Waals surface area contributed by atoms with Crippen molar-refractivity contribution in [3.05, 3.63) is 0 Å². The van der Waals surface area contributed by atoms with Gasteiger partial charge in [0.2, 0.25) is 0 Å². The Labute approximate surface area is 95.0 Å². The molecule has 0 aromatic rings. The van der Waals surface area contributed by atoms with E-state index in [-0.39, 0.29) is 0 Å². The van der Waals surface area contributed by atoms with Crippen molar-refractivity contribution >= 4 is 0 Å². The standard InChI is InChI=1S/C14H27N/c1-11(2)10-13-14(8-9-15-13)7-5-4-6-12(14)3/h11-13,15H,4-10H2,1-3H3. The third-order valence-corrected chi connectivity index (χ3v) is 4.89. The quantitative estimate of drug-likeness (QED) is 0.733. The van der Waals surface area contributed by atoms with Gasteiger partial charge in [0.15, 0.2) is 0 Å². The lowest BCUT2D eigenvalue weighted by atomic mass is 9.61. The van der Waals surface area contributed by atoms with Crippen LogP contribution in [0.4, 0.5) is 0 Å². The molecule has 3 atom stereocenters. The Bertz CT molecular complexity index is 211. The van der Waals surface area contributed by atoms with Gasteiger partial charge < -0.3 is 5.32 Å². The molecule has 1 aliphatic carbocycles. The van der Waals surface area contributed by atoms with Crippen molar-refractivity contribution in [2.75, 3.05) is 6.54 Å². The second-order valence-electron chi connectivity index (χ2n) is 6.27. The minimum absolute atomic E-state index is 0.669. The average molecular weight is 209 g/mol. The predicted molar refractivity (Wildman–Crippen MR) is 65.9 cm³/mol. The molecule has 1 N–H and O–H groups in total. The van der Waals surface area contributed by atoms with Crippen LogP contribution in [0.2, 0.25) is 0 Å². The summed E-state index contributed by atoms with van der Waals surface area (Å²) in [6.45, 7) is 8.49. The topological polar surface area (TPSA) is 12.0 Å². The summed E-state index contributed by atoms with van der Waals surface area (Å²) in [5, 5.41) is 3.78. The van der Waals surface area contributed by atoms with Crippen molar-refractivity contribution in [3.8, 4) is 0 Å². The second-order valence-corrected chi connectivity index (χ2v) is 6.27. The Morgan fingerprint density at radius 3 is 2.73 bits per heavy atom. The maximum absolute atomic E-state index is 3.78. The third-order valence-electron chi connectivity index (χ3n) is 4.89. The maximum Gasteiger partial charge on any atom is 0.0129 e. The van der Waals surface area contributed by atoms with Crippen LogP contribution < -0.4 is 5.32 Å². The summed E-state index contributed by atoms with van der Waals surface area (Å²) in [5.41, 5.74) is 0.669. The predicted octanol–water partition coefficient (Wildman–Crippen LogP) is 3.59. The Balaban J connectivity index is 2.09. The van der Waals surface area contributed by atoms with Crippen molar-refractivity contribution in [2.45, 2.75) is 65.3 Å². The van der Waals surface area contributed by atoms with Crippen molar-refractivity contribution in [2.24, 2.45) is 17.3 Å². The first-order valence-corrected chi connectivity index (χ1v) is 6.88. The van der Waals surface area contributed by atoms with Crippen LogP contribution in [0.1, 0.15) is 59.3 Å². The van der Waals surface area contributed by atoms with Crippen LogP contribution in [0.25, 0.3) is 0 Å². The van der Waals surface area contributed by atoms with E-state index in [1.54, 1.807) is 0 Å². The van der Waals surface area contributed by atoms with Crippen LogP contribution >= 0.6 is 0 Å². The molecule has 1 heteroatoms. The molecular formula is C14H27N. The van der Waals surface area contributed by atoms with E-state index in [2.05, 4.69) is 26.1 Å². The molecule has 3 unspecified atom stereocenters. The number of hydrogen-bond donors (Lipinski definition) is 1. The molecule has 1 aliphatic heterocycles. The number of rotatable bonds is 2. The minimum Gasteiger partial charge on any atom is -0.313 e. The zero-order valence-electron chi connectivity index (χ0n) is 10.7. The van der Waals surface area contributed by atoms with Crippen LogP contribution in [-0.2, 0) is 0 Å². The van der Waals surface area contributed by atoms with E-state index in [1.165, 1.54) is 45.1 Å². The molecule has 0 aromatic heterocycles. The Hall–Kier alpha value is -0.0400. The first kappa shape index (κ1) is 11.4. The lowest BCUT2D eigenvalue weighted by Gasteiger charge is -2.44. The van der Waals surface area contributed by atoms with E-state index < -0.39 is 0 Å². The maximum atomic E-state index is 3.78. The van der Waals surface area contributed by atoms with Crippen molar-refractivity contribution in [1.82, 2.24) is 5.32 Å². The number of hydrogen-bond acceptors (Lipinski definition) is 1. The van der Waals surface area contributed by atoms with Gasteiger partial charge in [-0.05, 0) is 43.1 Å². The third kappa shape index (κ3) is 2.08. The molecule has 0 amide bonds. The highest BCUT2D eigenvalue weighted by atomic mass is 15.0. The van der Waals surface area contributed by atoms with Crippen LogP contribution in [0.5, 0.6) is 0 Å². The Morgan fingerprint density at radius 2 is 2.07 bits per heavy atom. The fraction of sp³-hybridized carbons (Fsp3) is 1.00. The zero-order chi connectivity index (χ0) is 10.9. The summed E-state index contributed by atoms with van der Waals surface area (Å²) in [7, 11) is 0. The van der Waals surface area contributed by atoms with E-state index in [0.29, 0.717) is 5.41 Å². The first-order chi connectivity index (χ1) is 7.15. The summed E-state index contributed by atoms with van der Waals surface area (Å²) >= 11 is 0. The van der Waals surface area contributed by atoms with Gasteiger partial charge in [0.05, 0.1) is 0 Å². The van der Waals surface area contributed by atoms with Crippen LogP contribution in [0.15, 0.2) is 0 Å². The first-order valence-electron chi connectivity index (χ1n) is 6.88. The highest BCUT2D eigenvalue weighted by Crippen LogP contribution is 2.50. The molecule has 2 aliphatic rings. The van der Waals surface area contributed by atoms with Crippen molar-refractivity contribution in [1.29, 1.82) is 0 Å². The lowest BCUT2D eigenvalue weighted by Crippen LogP contribution is -2.43. The van der Waals surface area contributed by atoms with Gasteiger partial charge in [-0.2, -0.15) is 0 Å². The summed E-state index contributed by atoms with van der Waals surface area (Å²) in [4.78, 5) is 0. The lowest BCUT2D eigenvalue weighted by molar-refractivity contribution is 0.0804. The molecule has 1 saturated heterocycles. The smallest absolute Gasteiger partial charge is 0.0129 e. The van der Waals surface area contributed by atoms with Crippen LogP contribution in [0.3, 0.4) is 0 Å². The van der Waals surface area contributed by atoms with Crippen LogP contribution in [-0.4, -0.2) is 12.6 Å². The molecule has 1 saturated carbocycles. The van der Waals surface area contributed by atoms with Gasteiger partial charge in [0.1, 0.15) is 0 Å². The largest absolute Gasteiger partial charge is 0.313 e. The summed E-state index contributed by atoms with van der Waals surface area (Å²) in [6.07, 6.45) is 8.71. The van der Waals surface area contributed by atoms with Crippen LogP contribution in [0, 0.1) is 17.3 Å². The monoisotopic (exact) mass is 209 g/mol. The van der Waals surface area contributed by atoms with Crippen molar-refractivity contribution in [3.63, 3.8) is 0 Å². The Morgan fingerprint density at radius 1 is 1.27 bits per heavy atom. The molecule has 1 nitrogen and oxygen atoms in total. The van der Waals surface area contributed by atoms with E-state index in [1.807, 2.05) is 0 Å². The average Bonchev–Trinajstić information content (AvgIpc) is 2.55. The summed E-state index contributed by atoms with van der Waals surface area (Å²) in [6, 6.07) is 0.813. The molecule has 0 bridgehead atoms. The molecule has 1 heterocycles. The fourth-order valence-corrected chi connectivity index (χ4v) is 3.97. The van der Waals surface area contributed by atoms with Crippen molar-refractivity contribution < 1.29 is 0 Å². The summed E-state index contributed by atoms with van der Waals surface area (Å²) < 4.78 is 0. The molecule has 0 aromatic carbocycles. The van der Waals surface area contributed by atoms with E-state index >= 15 is 0 Å². The highest BCUT2D eigenvalue weighted by molar-refractivity contribution is 5.01. The van der Waals surface area contributed by atoms with Gasteiger partial charge in [-0.15, -0.1) is 0 Å². The SMILES string of the molecule is CC(C)CC1NCCC12CCCCC2C. The second kappa shape index (κ2) is 4.45. The van der Waals surface area contributed by atoms with Gasteiger partial charge >= 0.3 is 0 Å². The van der Waals surface area contributed by atoms with E-state index in [9.17, 15) is 0 Å². The Kier molecular flexibility index (Phi) is 3.39. The fourth-order valence-electron chi connectivity index (χ4n) is 3.97. The molecule has 0 radical (unpaired) electrons. The van der Waals surface area contributed by atoms with Gasteiger partial charge in [-0.1, -0.05) is 40.0 Å². The molecule has 88 valence electrons. The van der Waals surface area contributed by atoms with Gasteiger partial charge in [0, 0.05) is 6.04 Å². The van der Waals surface area contributed by atoms with E-state index in [4.69, 9.17) is 0 Å². The molecule has 1 spiro atoms. The highest BCUT2D eigenvalue weighted by Gasteiger charge is 2.47. The van der Waals surface area contributed by atoms with E-state index in [0.717, 1.165) is 17.9 Å². The van der Waals surface area contributed by atoms with Gasteiger partial charge in [-0.3, -0.25) is 0 Å². The molecular weight excluding hydrogens is 182 g/mol. The normalized spacial score (nSPS) is 41.6. The minimum atomic E-state index is 0.669. The molecule has 2 fully saturated rings. The van der Waals surface area contributed by atoms with Gasteiger partial charge in [-0.25, -0.2) is 0 Å².